The maximum Gasteiger partial charge on any atom is 0.220 e. The predicted octanol–water partition coefficient (Wildman–Crippen LogP) is 2.68. The maximum atomic E-state index is 12.4. The van der Waals surface area contributed by atoms with Crippen LogP contribution in [0.3, 0.4) is 0 Å². The average Bonchev–Trinajstić information content (AvgIpc) is 3.10. The summed E-state index contributed by atoms with van der Waals surface area (Å²) in [5.74, 6) is 1.92. The van der Waals surface area contributed by atoms with Gasteiger partial charge in [0.1, 0.15) is 11.6 Å². The van der Waals surface area contributed by atoms with E-state index in [1.807, 2.05) is 48.7 Å². The van der Waals surface area contributed by atoms with Gasteiger partial charge in [-0.15, -0.1) is 0 Å². The number of rotatable bonds is 5. The molecule has 1 aromatic carbocycles. The summed E-state index contributed by atoms with van der Waals surface area (Å²) >= 11 is 0. The first-order chi connectivity index (χ1) is 12.8. The van der Waals surface area contributed by atoms with Crippen molar-refractivity contribution in [3.05, 3.63) is 54.5 Å². The Kier molecular flexibility index (Phi) is 4.82. The third kappa shape index (κ3) is 3.85. The largest absolute Gasteiger partial charge is 0.355 e. The SMILES string of the molecule is O=C(CCc1nc2ccccc2[nH]1)NC1CCCN(c2ccccn2)C1. The summed E-state index contributed by atoms with van der Waals surface area (Å²) in [5.41, 5.74) is 1.96. The Morgan fingerprint density at radius 2 is 2.12 bits per heavy atom. The molecular weight excluding hydrogens is 326 g/mol. The smallest absolute Gasteiger partial charge is 0.220 e. The van der Waals surface area contributed by atoms with E-state index >= 15 is 0 Å². The molecule has 0 bridgehead atoms. The van der Waals surface area contributed by atoms with Gasteiger partial charge in [-0.2, -0.15) is 0 Å². The first-order valence-electron chi connectivity index (χ1n) is 9.17. The number of hydrogen-bond acceptors (Lipinski definition) is 4. The number of fused-ring (bicyclic) bond motifs is 1. The lowest BCUT2D eigenvalue weighted by Crippen LogP contribution is -2.48. The first kappa shape index (κ1) is 16.6. The Bertz CT molecular complexity index is 843. The lowest BCUT2D eigenvalue weighted by atomic mass is 10.1. The van der Waals surface area contributed by atoms with E-state index in [9.17, 15) is 4.79 Å². The molecule has 1 fully saturated rings. The number of benzene rings is 1. The highest BCUT2D eigenvalue weighted by molar-refractivity contribution is 5.77. The summed E-state index contributed by atoms with van der Waals surface area (Å²) in [6, 6.07) is 14.0. The zero-order valence-electron chi connectivity index (χ0n) is 14.7. The van der Waals surface area contributed by atoms with Gasteiger partial charge in [0.15, 0.2) is 0 Å². The van der Waals surface area contributed by atoms with Crippen molar-refractivity contribution in [1.29, 1.82) is 0 Å². The van der Waals surface area contributed by atoms with Crippen molar-refractivity contribution in [1.82, 2.24) is 20.3 Å². The molecular formula is C20H23N5O. The molecule has 6 nitrogen and oxygen atoms in total. The molecule has 1 aliphatic rings. The van der Waals surface area contributed by atoms with Gasteiger partial charge < -0.3 is 15.2 Å². The van der Waals surface area contributed by atoms with Gasteiger partial charge in [-0.3, -0.25) is 4.79 Å². The van der Waals surface area contributed by atoms with E-state index in [0.717, 1.165) is 48.6 Å². The third-order valence-electron chi connectivity index (χ3n) is 4.79. The zero-order chi connectivity index (χ0) is 17.8. The van der Waals surface area contributed by atoms with Crippen molar-refractivity contribution in [2.75, 3.05) is 18.0 Å². The van der Waals surface area contributed by atoms with E-state index in [0.29, 0.717) is 12.8 Å². The van der Waals surface area contributed by atoms with Gasteiger partial charge in [0.05, 0.1) is 11.0 Å². The Morgan fingerprint density at radius 1 is 1.23 bits per heavy atom. The van der Waals surface area contributed by atoms with E-state index in [4.69, 9.17) is 0 Å². The van der Waals surface area contributed by atoms with Gasteiger partial charge >= 0.3 is 0 Å². The van der Waals surface area contributed by atoms with E-state index in [1.165, 1.54) is 0 Å². The fourth-order valence-electron chi connectivity index (χ4n) is 3.50. The van der Waals surface area contributed by atoms with Crippen LogP contribution in [0.15, 0.2) is 48.7 Å². The number of anilines is 1. The number of nitrogens with one attached hydrogen (secondary N) is 2. The van der Waals surface area contributed by atoms with Crippen molar-refractivity contribution < 1.29 is 4.79 Å². The molecule has 0 spiro atoms. The lowest BCUT2D eigenvalue weighted by Gasteiger charge is -2.34. The average molecular weight is 349 g/mol. The van der Waals surface area contributed by atoms with Crippen molar-refractivity contribution in [3.8, 4) is 0 Å². The number of aryl methyl sites for hydroxylation is 1. The Hall–Kier alpha value is -2.89. The van der Waals surface area contributed by atoms with Gasteiger partial charge in [0.2, 0.25) is 5.91 Å². The van der Waals surface area contributed by atoms with E-state index in [-0.39, 0.29) is 11.9 Å². The molecule has 134 valence electrons. The number of pyridine rings is 1. The molecule has 0 saturated carbocycles. The van der Waals surface area contributed by atoms with Gasteiger partial charge in [0, 0.05) is 38.2 Å². The van der Waals surface area contributed by atoms with Crippen LogP contribution in [-0.4, -0.2) is 40.0 Å². The molecule has 26 heavy (non-hydrogen) atoms. The minimum absolute atomic E-state index is 0.0818. The minimum Gasteiger partial charge on any atom is -0.355 e. The minimum atomic E-state index is 0.0818. The zero-order valence-corrected chi connectivity index (χ0v) is 14.7. The summed E-state index contributed by atoms with van der Waals surface area (Å²) < 4.78 is 0. The number of imidazole rings is 1. The predicted molar refractivity (Wildman–Crippen MR) is 102 cm³/mol. The number of aromatic nitrogens is 3. The maximum absolute atomic E-state index is 12.4. The van der Waals surface area contributed by atoms with Gasteiger partial charge in [-0.1, -0.05) is 18.2 Å². The van der Waals surface area contributed by atoms with Crippen LogP contribution in [0.1, 0.15) is 25.1 Å². The number of hydrogen-bond donors (Lipinski definition) is 2. The number of H-pyrrole nitrogens is 1. The summed E-state index contributed by atoms with van der Waals surface area (Å²) in [6.45, 7) is 1.80. The standard InChI is InChI=1S/C20H23N5O/c26-20(11-10-18-23-16-7-1-2-8-17(16)24-18)22-15-6-5-13-25(14-15)19-9-3-4-12-21-19/h1-4,7-9,12,15H,5-6,10-11,13-14H2,(H,22,26)(H,23,24). The molecule has 1 unspecified atom stereocenters. The van der Waals surface area contributed by atoms with Crippen LogP contribution in [0.2, 0.25) is 0 Å². The molecule has 0 radical (unpaired) electrons. The summed E-state index contributed by atoms with van der Waals surface area (Å²) in [4.78, 5) is 26.8. The van der Waals surface area contributed by atoms with Crippen molar-refractivity contribution >= 4 is 22.8 Å². The molecule has 6 heteroatoms. The highest BCUT2D eigenvalue weighted by Gasteiger charge is 2.22. The Balaban J connectivity index is 1.30. The Labute approximate surface area is 152 Å². The number of carbonyl (C=O) groups is 1. The van der Waals surface area contributed by atoms with Gasteiger partial charge in [-0.05, 0) is 37.1 Å². The number of amides is 1. The third-order valence-corrected chi connectivity index (χ3v) is 4.79. The molecule has 1 aliphatic heterocycles. The molecule has 0 aliphatic carbocycles. The highest BCUT2D eigenvalue weighted by Crippen LogP contribution is 2.17. The van der Waals surface area contributed by atoms with Crippen LogP contribution in [0.5, 0.6) is 0 Å². The number of piperidine rings is 1. The van der Waals surface area contributed by atoms with E-state index in [1.54, 1.807) is 0 Å². The van der Waals surface area contributed by atoms with Crippen LogP contribution < -0.4 is 10.2 Å². The Morgan fingerprint density at radius 3 is 2.96 bits per heavy atom. The fourth-order valence-corrected chi connectivity index (χ4v) is 3.50. The molecule has 1 atom stereocenters. The quantitative estimate of drug-likeness (QED) is 0.743. The lowest BCUT2D eigenvalue weighted by molar-refractivity contribution is -0.121. The van der Waals surface area contributed by atoms with Crippen molar-refractivity contribution in [3.63, 3.8) is 0 Å². The summed E-state index contributed by atoms with van der Waals surface area (Å²) in [6.07, 6.45) is 4.95. The number of para-hydroxylation sites is 2. The number of nitrogens with zero attached hydrogens (tertiary/aromatic N) is 3. The summed E-state index contributed by atoms with van der Waals surface area (Å²) in [5, 5.41) is 3.17. The second kappa shape index (κ2) is 7.56. The molecule has 1 saturated heterocycles. The fraction of sp³-hybridized carbons (Fsp3) is 0.350. The molecule has 3 heterocycles. The summed E-state index contributed by atoms with van der Waals surface area (Å²) in [7, 11) is 0. The second-order valence-electron chi connectivity index (χ2n) is 6.74. The van der Waals surface area contributed by atoms with Crippen molar-refractivity contribution in [2.45, 2.75) is 31.7 Å². The van der Waals surface area contributed by atoms with Crippen LogP contribution in [-0.2, 0) is 11.2 Å². The van der Waals surface area contributed by atoms with E-state index < -0.39 is 0 Å². The van der Waals surface area contributed by atoms with Gasteiger partial charge in [0.25, 0.3) is 0 Å². The molecule has 2 N–H and O–H groups in total. The van der Waals surface area contributed by atoms with E-state index in [2.05, 4.69) is 25.2 Å². The molecule has 3 aromatic rings. The van der Waals surface area contributed by atoms with Gasteiger partial charge in [-0.25, -0.2) is 9.97 Å². The topological polar surface area (TPSA) is 73.9 Å². The van der Waals surface area contributed by atoms with Crippen LogP contribution >= 0.6 is 0 Å². The van der Waals surface area contributed by atoms with Crippen LogP contribution in [0, 0.1) is 0 Å². The molecule has 2 aromatic heterocycles. The highest BCUT2D eigenvalue weighted by atomic mass is 16.1. The monoisotopic (exact) mass is 349 g/mol. The normalized spacial score (nSPS) is 17.4. The van der Waals surface area contributed by atoms with Crippen molar-refractivity contribution in [2.24, 2.45) is 0 Å². The second-order valence-corrected chi connectivity index (χ2v) is 6.74. The first-order valence-corrected chi connectivity index (χ1v) is 9.17. The molecule has 1 amide bonds. The van der Waals surface area contributed by atoms with Crippen LogP contribution in [0.25, 0.3) is 11.0 Å². The molecule has 4 rings (SSSR count). The van der Waals surface area contributed by atoms with Crippen LogP contribution in [0.4, 0.5) is 5.82 Å². The number of carbonyl (C=O) groups excluding carboxylic acids is 1. The number of aromatic amines is 1.